The van der Waals surface area contributed by atoms with Gasteiger partial charge in [0.2, 0.25) is 0 Å². The van der Waals surface area contributed by atoms with Crippen molar-refractivity contribution in [2.24, 2.45) is 0 Å². The summed E-state index contributed by atoms with van der Waals surface area (Å²) in [4.78, 5) is 16.9. The molecule has 144 valence electrons. The predicted molar refractivity (Wildman–Crippen MR) is 110 cm³/mol. The average Bonchev–Trinajstić information content (AvgIpc) is 3.09. The lowest BCUT2D eigenvalue weighted by molar-refractivity contribution is 0.0937. The van der Waals surface area contributed by atoms with Crippen LogP contribution in [0.3, 0.4) is 0 Å². The molecule has 1 aliphatic heterocycles. The normalized spacial score (nSPS) is 17.0. The summed E-state index contributed by atoms with van der Waals surface area (Å²) in [6.07, 6.45) is 0.968. The minimum atomic E-state index is 0.00904. The number of amides is 1. The monoisotopic (exact) mass is 367 g/mol. The molecular weight excluding hydrogens is 338 g/mol. The van der Waals surface area contributed by atoms with Gasteiger partial charge in [0.25, 0.3) is 5.91 Å². The van der Waals surface area contributed by atoms with Crippen molar-refractivity contribution in [1.82, 2.24) is 10.2 Å². The van der Waals surface area contributed by atoms with E-state index in [4.69, 9.17) is 4.74 Å². The van der Waals surface area contributed by atoms with Gasteiger partial charge < -0.3 is 15.0 Å². The van der Waals surface area contributed by atoms with Gasteiger partial charge in [-0.3, -0.25) is 9.69 Å². The summed E-state index contributed by atoms with van der Waals surface area (Å²) in [5, 5.41) is 3.16. The van der Waals surface area contributed by atoms with Gasteiger partial charge in [-0.2, -0.15) is 0 Å². The van der Waals surface area contributed by atoms with E-state index in [1.54, 1.807) is 7.11 Å². The van der Waals surface area contributed by atoms with Crippen LogP contribution in [-0.4, -0.2) is 51.1 Å². The zero-order chi connectivity index (χ0) is 19.4. The number of carbonyl (C=O) groups excluding carboxylic acids is 1. The van der Waals surface area contributed by atoms with Gasteiger partial charge >= 0.3 is 0 Å². The number of rotatable bonds is 6. The van der Waals surface area contributed by atoms with Crippen molar-refractivity contribution < 1.29 is 9.53 Å². The van der Waals surface area contributed by atoms with E-state index in [-0.39, 0.29) is 11.9 Å². The third kappa shape index (κ3) is 4.80. The maximum atomic E-state index is 12.4. The number of hydrogen-bond acceptors (Lipinski definition) is 4. The third-order valence-corrected chi connectivity index (χ3v) is 5.10. The highest BCUT2D eigenvalue weighted by Crippen LogP contribution is 2.27. The van der Waals surface area contributed by atoms with Crippen LogP contribution in [0.15, 0.2) is 42.5 Å². The Hall–Kier alpha value is -2.53. The highest BCUT2D eigenvalue weighted by Gasteiger charge is 2.25. The third-order valence-electron chi connectivity index (χ3n) is 5.10. The highest BCUT2D eigenvalue weighted by atomic mass is 16.5. The second-order valence-corrected chi connectivity index (χ2v) is 7.45. The van der Waals surface area contributed by atoms with Crippen LogP contribution in [0.2, 0.25) is 0 Å². The van der Waals surface area contributed by atoms with Gasteiger partial charge in [-0.25, -0.2) is 0 Å². The lowest BCUT2D eigenvalue weighted by Gasteiger charge is -2.20. The van der Waals surface area contributed by atoms with E-state index in [1.165, 1.54) is 5.56 Å². The smallest absolute Gasteiger partial charge is 0.251 e. The average molecular weight is 367 g/mol. The molecule has 3 rings (SSSR count). The van der Waals surface area contributed by atoms with Crippen LogP contribution in [0, 0.1) is 6.92 Å². The molecule has 0 spiro atoms. The molecule has 1 amide bonds. The van der Waals surface area contributed by atoms with Crippen molar-refractivity contribution in [2.75, 3.05) is 39.2 Å². The quantitative estimate of drug-likeness (QED) is 0.852. The first-order valence-electron chi connectivity index (χ1n) is 9.40. The molecule has 1 atom stereocenters. The van der Waals surface area contributed by atoms with E-state index in [1.807, 2.05) is 45.3 Å². The second-order valence-electron chi connectivity index (χ2n) is 7.45. The van der Waals surface area contributed by atoms with Crippen LogP contribution < -0.4 is 15.0 Å². The Bertz CT molecular complexity index is 787. The Morgan fingerprint density at radius 3 is 2.63 bits per heavy atom. The number of aryl methyl sites for hydroxylation is 1. The van der Waals surface area contributed by atoms with Crippen molar-refractivity contribution in [3.63, 3.8) is 0 Å². The fraction of sp³-hybridized carbons (Fsp3) is 0.409. The van der Waals surface area contributed by atoms with Crippen molar-refractivity contribution in [3.05, 3.63) is 59.2 Å². The van der Waals surface area contributed by atoms with Crippen LogP contribution in [-0.2, 0) is 6.54 Å². The van der Waals surface area contributed by atoms with Gasteiger partial charge in [-0.05, 0) is 31.5 Å². The van der Waals surface area contributed by atoms with Crippen molar-refractivity contribution in [3.8, 4) is 5.75 Å². The fourth-order valence-electron chi connectivity index (χ4n) is 3.45. The molecule has 1 heterocycles. The summed E-state index contributed by atoms with van der Waals surface area (Å²) in [5.74, 6) is 0.920. The molecule has 5 heteroatoms. The highest BCUT2D eigenvalue weighted by molar-refractivity contribution is 5.94. The van der Waals surface area contributed by atoms with E-state index in [9.17, 15) is 4.79 Å². The van der Waals surface area contributed by atoms with Crippen molar-refractivity contribution in [1.29, 1.82) is 0 Å². The molecule has 0 aliphatic carbocycles. The number of carbonyl (C=O) groups is 1. The van der Waals surface area contributed by atoms with Gasteiger partial charge in [0, 0.05) is 62.7 Å². The summed E-state index contributed by atoms with van der Waals surface area (Å²) in [6.45, 7) is 4.68. The van der Waals surface area contributed by atoms with Crippen LogP contribution in [0.5, 0.6) is 5.75 Å². The summed E-state index contributed by atoms with van der Waals surface area (Å²) in [6, 6.07) is 14.2. The molecule has 0 saturated carbocycles. The minimum absolute atomic E-state index is 0.00904. The topological polar surface area (TPSA) is 44.8 Å². The Morgan fingerprint density at radius 2 is 1.96 bits per heavy atom. The van der Waals surface area contributed by atoms with Crippen LogP contribution in [0.4, 0.5) is 5.69 Å². The first-order chi connectivity index (χ1) is 13.0. The molecule has 2 aromatic carbocycles. The fourth-order valence-corrected chi connectivity index (χ4v) is 3.45. The van der Waals surface area contributed by atoms with Gasteiger partial charge in [0.1, 0.15) is 5.75 Å². The van der Waals surface area contributed by atoms with Gasteiger partial charge in [0.05, 0.1) is 7.11 Å². The number of nitrogens with zero attached hydrogens (tertiary/aromatic N) is 2. The SMILES string of the molecule is COc1cc(N(C)C)ccc1CN1CCC(NC(=O)c2ccc(C)cc2)C1. The molecule has 1 unspecified atom stereocenters. The summed E-state index contributed by atoms with van der Waals surface area (Å²) < 4.78 is 5.58. The maximum absolute atomic E-state index is 12.4. The largest absolute Gasteiger partial charge is 0.496 e. The molecule has 0 aromatic heterocycles. The Kier molecular flexibility index (Phi) is 6.01. The van der Waals surface area contributed by atoms with E-state index < -0.39 is 0 Å². The number of benzene rings is 2. The molecule has 2 aromatic rings. The zero-order valence-corrected chi connectivity index (χ0v) is 16.7. The minimum Gasteiger partial charge on any atom is -0.496 e. The number of methoxy groups -OCH3 is 1. The molecule has 1 aliphatic rings. The molecule has 1 saturated heterocycles. The van der Waals surface area contributed by atoms with E-state index in [0.29, 0.717) is 0 Å². The molecule has 1 fully saturated rings. The maximum Gasteiger partial charge on any atom is 0.251 e. The Labute approximate surface area is 161 Å². The molecule has 27 heavy (non-hydrogen) atoms. The number of likely N-dealkylation sites (tertiary alicyclic amines) is 1. The van der Waals surface area contributed by atoms with Crippen LogP contribution >= 0.6 is 0 Å². The zero-order valence-electron chi connectivity index (χ0n) is 16.7. The van der Waals surface area contributed by atoms with Crippen LogP contribution in [0.25, 0.3) is 0 Å². The van der Waals surface area contributed by atoms with Gasteiger partial charge in [-0.15, -0.1) is 0 Å². The molecule has 5 nitrogen and oxygen atoms in total. The number of anilines is 1. The van der Waals surface area contributed by atoms with Crippen LogP contribution in [0.1, 0.15) is 27.9 Å². The summed E-state index contributed by atoms with van der Waals surface area (Å²) in [7, 11) is 5.76. The number of hydrogen-bond donors (Lipinski definition) is 1. The standard InChI is InChI=1S/C22H29N3O2/c1-16-5-7-17(8-6-16)22(26)23-19-11-12-25(15-19)14-18-9-10-20(24(2)3)13-21(18)27-4/h5-10,13,19H,11-12,14-15H2,1-4H3,(H,23,26). The first-order valence-corrected chi connectivity index (χ1v) is 9.40. The summed E-state index contributed by atoms with van der Waals surface area (Å²) >= 11 is 0. The lowest BCUT2D eigenvalue weighted by Crippen LogP contribution is -2.37. The van der Waals surface area contributed by atoms with Crippen molar-refractivity contribution >= 4 is 11.6 Å². The van der Waals surface area contributed by atoms with Gasteiger partial charge in [-0.1, -0.05) is 23.8 Å². The molecule has 0 radical (unpaired) electrons. The number of nitrogens with one attached hydrogen (secondary N) is 1. The molecule has 1 N–H and O–H groups in total. The second kappa shape index (κ2) is 8.44. The van der Waals surface area contributed by atoms with Crippen molar-refractivity contribution in [2.45, 2.75) is 25.9 Å². The summed E-state index contributed by atoms with van der Waals surface area (Å²) in [5.41, 5.74) is 4.18. The molecule has 0 bridgehead atoms. The molecular formula is C22H29N3O2. The number of ether oxygens (including phenoxy) is 1. The Morgan fingerprint density at radius 1 is 1.22 bits per heavy atom. The van der Waals surface area contributed by atoms with Gasteiger partial charge in [0.15, 0.2) is 0 Å². The lowest BCUT2D eigenvalue weighted by atomic mass is 10.1. The van der Waals surface area contributed by atoms with E-state index in [0.717, 1.165) is 48.6 Å². The predicted octanol–water partition coefficient (Wildman–Crippen LogP) is 3.07. The Balaban J connectivity index is 1.58. The van der Waals surface area contributed by atoms with E-state index >= 15 is 0 Å². The first kappa shape index (κ1) is 19.2. The van der Waals surface area contributed by atoms with E-state index in [2.05, 4.69) is 33.3 Å².